The Morgan fingerprint density at radius 1 is 0.327 bits per heavy atom. The van der Waals surface area contributed by atoms with Crippen molar-refractivity contribution in [1.82, 2.24) is 9.13 Å². The van der Waals surface area contributed by atoms with Gasteiger partial charge in [0.15, 0.2) is 5.58 Å². The lowest BCUT2D eigenvalue weighted by atomic mass is 9.99. The number of hydrogen-bond donors (Lipinski definition) is 0. The number of para-hydroxylation sites is 6. The molecule has 0 unspecified atom stereocenters. The molecule has 52 heavy (non-hydrogen) atoms. The quantitative estimate of drug-likeness (QED) is 0.188. The van der Waals surface area contributed by atoms with Crippen molar-refractivity contribution >= 4 is 87.5 Å². The molecule has 8 aromatic carbocycles. The van der Waals surface area contributed by atoms with Gasteiger partial charge in [-0.15, -0.1) is 0 Å². The molecule has 4 aromatic heterocycles. The van der Waals surface area contributed by atoms with Gasteiger partial charge in [-0.05, 0) is 66.2 Å². The Kier molecular flexibility index (Phi) is 5.47. The predicted octanol–water partition coefficient (Wildman–Crippen LogP) is 13.3. The van der Waals surface area contributed by atoms with Crippen LogP contribution >= 0.6 is 0 Å². The molecule has 0 spiro atoms. The highest BCUT2D eigenvalue weighted by Crippen LogP contribution is 2.43. The Balaban J connectivity index is 1.16. The summed E-state index contributed by atoms with van der Waals surface area (Å²) in [4.78, 5) is 0. The van der Waals surface area contributed by atoms with Crippen molar-refractivity contribution in [2.24, 2.45) is 0 Å². The number of furan rings is 2. The standard InChI is InChI=1S/C48H28N2O2/c1-6-18-40-31(12-1)32-13-2-7-19-41(32)49(40)30-27-37(47-39(28-30)35-16-5-10-23-46(35)51-47)29-24-25-43-38(26-29)33-14-3-8-20-42(33)50(43)44-21-11-17-36-34-15-4-9-22-45(34)52-48(36)44/h1-28H. The van der Waals surface area contributed by atoms with E-state index in [0.29, 0.717) is 0 Å². The van der Waals surface area contributed by atoms with E-state index in [1.807, 2.05) is 18.2 Å². The Morgan fingerprint density at radius 2 is 0.846 bits per heavy atom. The molecule has 0 aliphatic rings. The van der Waals surface area contributed by atoms with Crippen molar-refractivity contribution in [1.29, 1.82) is 0 Å². The molecular weight excluding hydrogens is 637 g/mol. The van der Waals surface area contributed by atoms with Crippen LogP contribution in [0.1, 0.15) is 0 Å². The minimum absolute atomic E-state index is 0.884. The Morgan fingerprint density at radius 3 is 1.54 bits per heavy atom. The third-order valence-electron chi connectivity index (χ3n) is 10.9. The average Bonchev–Trinajstić information content (AvgIpc) is 3.95. The van der Waals surface area contributed by atoms with Crippen molar-refractivity contribution < 1.29 is 8.83 Å². The van der Waals surface area contributed by atoms with Crippen LogP contribution in [0.25, 0.3) is 110 Å². The van der Waals surface area contributed by atoms with E-state index in [9.17, 15) is 0 Å². The fourth-order valence-electron chi connectivity index (χ4n) is 8.66. The second-order valence-corrected chi connectivity index (χ2v) is 13.7. The van der Waals surface area contributed by atoms with Gasteiger partial charge in [0.05, 0.1) is 27.8 Å². The molecule has 0 aliphatic heterocycles. The summed E-state index contributed by atoms with van der Waals surface area (Å²) in [6, 6.07) is 60.6. The summed E-state index contributed by atoms with van der Waals surface area (Å²) >= 11 is 0. The minimum Gasteiger partial charge on any atom is -0.455 e. The highest BCUT2D eigenvalue weighted by molar-refractivity contribution is 6.16. The summed E-state index contributed by atoms with van der Waals surface area (Å²) < 4.78 is 18.0. The highest BCUT2D eigenvalue weighted by Gasteiger charge is 2.21. The number of hydrogen-bond acceptors (Lipinski definition) is 2. The first kappa shape index (κ1) is 27.7. The third kappa shape index (κ3) is 3.70. The largest absolute Gasteiger partial charge is 0.455 e. The summed E-state index contributed by atoms with van der Waals surface area (Å²) in [6.45, 7) is 0. The first-order chi connectivity index (χ1) is 25.8. The maximum atomic E-state index is 6.71. The zero-order chi connectivity index (χ0) is 33.9. The number of benzene rings is 8. The van der Waals surface area contributed by atoms with Crippen molar-refractivity contribution in [2.45, 2.75) is 0 Å². The molecule has 0 amide bonds. The lowest BCUT2D eigenvalue weighted by Crippen LogP contribution is -1.95. The van der Waals surface area contributed by atoms with Crippen LogP contribution in [0.4, 0.5) is 0 Å². The number of rotatable bonds is 3. The maximum absolute atomic E-state index is 6.71. The monoisotopic (exact) mass is 664 g/mol. The fourth-order valence-corrected chi connectivity index (χ4v) is 8.66. The van der Waals surface area contributed by atoms with Crippen LogP contribution in [-0.2, 0) is 0 Å². The second-order valence-electron chi connectivity index (χ2n) is 13.7. The van der Waals surface area contributed by atoms with Gasteiger partial charge in [0.1, 0.15) is 16.7 Å². The molecular formula is C48H28N2O2. The minimum atomic E-state index is 0.884. The molecule has 0 N–H and O–H groups in total. The molecule has 0 bridgehead atoms. The number of aromatic nitrogens is 2. The smallest absolute Gasteiger partial charge is 0.159 e. The van der Waals surface area contributed by atoms with Gasteiger partial charge >= 0.3 is 0 Å². The molecule has 0 fully saturated rings. The molecule has 0 aliphatic carbocycles. The fraction of sp³-hybridized carbons (Fsp3) is 0. The van der Waals surface area contributed by atoms with Gasteiger partial charge in [-0.25, -0.2) is 0 Å². The summed E-state index contributed by atoms with van der Waals surface area (Å²) in [5, 5.41) is 9.29. The Labute approximate surface area is 296 Å². The molecule has 0 radical (unpaired) electrons. The van der Waals surface area contributed by atoms with Gasteiger partial charge in [-0.1, -0.05) is 109 Å². The molecule has 4 heteroatoms. The Hall–Kier alpha value is -7.04. The molecule has 0 saturated heterocycles. The third-order valence-corrected chi connectivity index (χ3v) is 10.9. The number of nitrogens with zero attached hydrogens (tertiary/aromatic N) is 2. The summed E-state index contributed by atoms with van der Waals surface area (Å²) in [6.07, 6.45) is 0. The molecule has 4 heterocycles. The van der Waals surface area contributed by atoms with E-state index in [2.05, 4.69) is 161 Å². The van der Waals surface area contributed by atoms with Crippen LogP contribution < -0.4 is 0 Å². The lowest BCUT2D eigenvalue weighted by Gasteiger charge is -2.12. The van der Waals surface area contributed by atoms with E-state index in [-0.39, 0.29) is 0 Å². The van der Waals surface area contributed by atoms with E-state index in [4.69, 9.17) is 8.83 Å². The van der Waals surface area contributed by atoms with Crippen molar-refractivity contribution in [3.63, 3.8) is 0 Å². The number of fused-ring (bicyclic) bond motifs is 12. The van der Waals surface area contributed by atoms with Crippen LogP contribution in [-0.4, -0.2) is 9.13 Å². The van der Waals surface area contributed by atoms with Crippen LogP contribution in [0.2, 0.25) is 0 Å². The normalized spacial score (nSPS) is 12.2. The van der Waals surface area contributed by atoms with Crippen molar-refractivity contribution in [2.75, 3.05) is 0 Å². The van der Waals surface area contributed by atoms with E-state index in [1.165, 1.54) is 32.6 Å². The van der Waals surface area contributed by atoms with Gasteiger partial charge in [0.2, 0.25) is 0 Å². The molecule has 12 rings (SSSR count). The van der Waals surface area contributed by atoms with E-state index in [0.717, 1.165) is 77.4 Å². The zero-order valence-corrected chi connectivity index (χ0v) is 27.9. The van der Waals surface area contributed by atoms with Crippen molar-refractivity contribution in [3.05, 3.63) is 170 Å². The first-order valence-corrected chi connectivity index (χ1v) is 17.7. The summed E-state index contributed by atoms with van der Waals surface area (Å²) in [7, 11) is 0. The van der Waals surface area contributed by atoms with Crippen molar-refractivity contribution in [3.8, 4) is 22.5 Å². The van der Waals surface area contributed by atoms with Crippen LogP contribution in [0.5, 0.6) is 0 Å². The molecule has 0 saturated carbocycles. The van der Waals surface area contributed by atoms with Crippen LogP contribution in [0.15, 0.2) is 179 Å². The van der Waals surface area contributed by atoms with Gasteiger partial charge in [0.25, 0.3) is 0 Å². The van der Waals surface area contributed by atoms with Gasteiger partial charge in [-0.2, -0.15) is 0 Å². The SMILES string of the molecule is c1ccc2c(c1)oc1c(-c3ccc4c(c3)c3ccccc3n4-c3cccc4c3oc3ccccc34)cc(-n3c4ccccc4c4ccccc43)cc12. The highest BCUT2D eigenvalue weighted by atomic mass is 16.3. The van der Waals surface area contributed by atoms with Gasteiger partial charge in [0, 0.05) is 54.3 Å². The van der Waals surface area contributed by atoms with E-state index >= 15 is 0 Å². The Bertz CT molecular complexity index is 3370. The second kappa shape index (κ2) is 10.3. The topological polar surface area (TPSA) is 36.1 Å². The molecule has 12 aromatic rings. The molecule has 4 nitrogen and oxygen atoms in total. The predicted molar refractivity (Wildman–Crippen MR) is 215 cm³/mol. The summed E-state index contributed by atoms with van der Waals surface area (Å²) in [5.41, 5.74) is 12.5. The zero-order valence-electron chi connectivity index (χ0n) is 27.9. The van der Waals surface area contributed by atoms with Crippen LogP contribution in [0.3, 0.4) is 0 Å². The molecule has 242 valence electrons. The van der Waals surface area contributed by atoms with Crippen LogP contribution in [0, 0.1) is 0 Å². The van der Waals surface area contributed by atoms with E-state index in [1.54, 1.807) is 0 Å². The van der Waals surface area contributed by atoms with Gasteiger partial charge in [-0.3, -0.25) is 0 Å². The average molecular weight is 665 g/mol. The van der Waals surface area contributed by atoms with Gasteiger partial charge < -0.3 is 18.0 Å². The lowest BCUT2D eigenvalue weighted by molar-refractivity contribution is 0.666. The maximum Gasteiger partial charge on any atom is 0.159 e. The first-order valence-electron chi connectivity index (χ1n) is 17.7. The van der Waals surface area contributed by atoms with E-state index < -0.39 is 0 Å². The molecule has 0 atom stereocenters. The summed E-state index contributed by atoms with van der Waals surface area (Å²) in [5.74, 6) is 0.